The van der Waals surface area contributed by atoms with E-state index in [9.17, 15) is 0 Å². The smallest absolute Gasteiger partial charge is 0.252 e. The Morgan fingerprint density at radius 1 is 0.207 bits per heavy atom. The highest BCUT2D eigenvalue weighted by Gasteiger charge is 2.44. The first-order chi connectivity index (χ1) is 40.7. The number of aromatic nitrogens is 1. The Balaban J connectivity index is 1.03. The highest BCUT2D eigenvalue weighted by molar-refractivity contribution is 7.00. The molecule has 382 valence electrons. The van der Waals surface area contributed by atoms with Gasteiger partial charge in [0.1, 0.15) is 0 Å². The van der Waals surface area contributed by atoms with Crippen molar-refractivity contribution in [2.24, 2.45) is 0 Å². The summed E-state index contributed by atoms with van der Waals surface area (Å²) in [6.07, 6.45) is 0. The van der Waals surface area contributed by atoms with Crippen molar-refractivity contribution in [3.8, 4) is 72.4 Å². The molecular weight excluding hydrogens is 990 g/mol. The Morgan fingerprint density at radius 3 is 0.866 bits per heavy atom. The maximum Gasteiger partial charge on any atom is 0.252 e. The van der Waals surface area contributed by atoms with Crippen molar-refractivity contribution >= 4 is 79.0 Å². The van der Waals surface area contributed by atoms with Gasteiger partial charge in [0.05, 0.1) is 16.7 Å². The van der Waals surface area contributed by atoms with Crippen LogP contribution in [0.25, 0.3) is 94.3 Å². The highest BCUT2D eigenvalue weighted by atomic mass is 15.2. The van der Waals surface area contributed by atoms with Crippen LogP contribution in [0.1, 0.15) is 0 Å². The summed E-state index contributed by atoms with van der Waals surface area (Å²) in [6, 6.07) is 117. The lowest BCUT2D eigenvalue weighted by molar-refractivity contribution is 1.16. The van der Waals surface area contributed by atoms with Crippen molar-refractivity contribution in [1.82, 2.24) is 4.57 Å². The van der Waals surface area contributed by atoms with Crippen LogP contribution in [0.15, 0.2) is 315 Å². The number of anilines is 6. The predicted molar refractivity (Wildman–Crippen MR) is 347 cm³/mol. The maximum absolute atomic E-state index is 2.57. The molecule has 0 atom stereocenters. The van der Waals surface area contributed by atoms with Crippen LogP contribution in [0, 0.1) is 0 Å². The van der Waals surface area contributed by atoms with Crippen molar-refractivity contribution in [1.29, 1.82) is 0 Å². The number of nitrogens with zero attached hydrogens (tertiary/aromatic N) is 3. The van der Waals surface area contributed by atoms with Crippen LogP contribution in [0.5, 0.6) is 0 Å². The molecule has 0 fully saturated rings. The Bertz CT molecular complexity index is 4440. The quantitative estimate of drug-likeness (QED) is 0.134. The topological polar surface area (TPSA) is 11.4 Å². The average molecular weight is 1040 g/mol. The molecule has 0 radical (unpaired) electrons. The van der Waals surface area contributed by atoms with Gasteiger partial charge in [-0.3, -0.25) is 0 Å². The molecule has 4 heteroatoms. The molecule has 14 aromatic rings. The monoisotopic (exact) mass is 1040 g/mol. The zero-order valence-corrected chi connectivity index (χ0v) is 44.9. The second kappa shape index (κ2) is 19.6. The Morgan fingerprint density at radius 2 is 0.512 bits per heavy atom. The molecule has 0 N–H and O–H groups in total. The average Bonchev–Trinajstić information content (AvgIpc) is 3.03. The molecule has 82 heavy (non-hydrogen) atoms. The number of benzene rings is 13. The van der Waals surface area contributed by atoms with E-state index in [0.29, 0.717) is 0 Å². The molecule has 0 saturated carbocycles. The summed E-state index contributed by atoms with van der Waals surface area (Å²) in [4.78, 5) is 5.15. The third kappa shape index (κ3) is 7.98. The van der Waals surface area contributed by atoms with E-state index in [2.05, 4.69) is 330 Å². The van der Waals surface area contributed by atoms with E-state index in [4.69, 9.17) is 0 Å². The van der Waals surface area contributed by atoms with E-state index < -0.39 is 0 Å². The molecule has 0 unspecified atom stereocenters. The van der Waals surface area contributed by atoms with E-state index in [1.807, 2.05) is 0 Å². The van der Waals surface area contributed by atoms with E-state index in [-0.39, 0.29) is 6.71 Å². The van der Waals surface area contributed by atoms with Gasteiger partial charge in [0, 0.05) is 44.9 Å². The first kappa shape index (κ1) is 47.3. The predicted octanol–water partition coefficient (Wildman–Crippen LogP) is 18.9. The minimum atomic E-state index is -0.110. The standard InChI is InChI=1S/C78H52BN3/c1-7-21-53(22-8-1)59-33-19-35-65(45-59)80-74-49-63(57-29-15-5-16-30-57)37-41-70(74)79-71-42-38-64(58-31-17-6-18-32-58)50-75(71)81(66-36-20-34-60(46-66)54-23-9-2-10-24-54)77-52-67(51-76(80)78(77)79)82-72-43-39-61(55-25-11-3-12-26-55)47-68(72)69-48-62(40-44-73(69)82)56-27-13-4-14-28-56/h1-52H. The Kier molecular flexibility index (Phi) is 11.3. The second-order valence-corrected chi connectivity index (χ2v) is 21.6. The molecular formula is C78H52BN3. The fraction of sp³-hybridized carbons (Fsp3) is 0. The van der Waals surface area contributed by atoms with Crippen LogP contribution in [0.4, 0.5) is 34.1 Å². The summed E-state index contributed by atoms with van der Waals surface area (Å²) in [5.41, 5.74) is 28.1. The minimum absolute atomic E-state index is 0.110. The molecule has 3 heterocycles. The first-order valence-corrected chi connectivity index (χ1v) is 28.3. The highest BCUT2D eigenvalue weighted by Crippen LogP contribution is 2.49. The Labute approximate surface area is 478 Å². The number of hydrogen-bond donors (Lipinski definition) is 0. The van der Waals surface area contributed by atoms with E-state index in [0.717, 1.165) is 62.0 Å². The molecule has 16 rings (SSSR count). The van der Waals surface area contributed by atoms with Gasteiger partial charge >= 0.3 is 0 Å². The summed E-state index contributed by atoms with van der Waals surface area (Å²) in [5.74, 6) is 0. The van der Waals surface area contributed by atoms with Crippen molar-refractivity contribution in [2.45, 2.75) is 0 Å². The van der Waals surface area contributed by atoms with Crippen LogP contribution in [0.2, 0.25) is 0 Å². The van der Waals surface area contributed by atoms with Crippen molar-refractivity contribution in [3.05, 3.63) is 315 Å². The Hall–Kier alpha value is -10.7. The van der Waals surface area contributed by atoms with Gasteiger partial charge in [0.25, 0.3) is 6.71 Å². The van der Waals surface area contributed by atoms with Gasteiger partial charge in [-0.2, -0.15) is 0 Å². The lowest BCUT2D eigenvalue weighted by atomic mass is 9.33. The van der Waals surface area contributed by atoms with Crippen LogP contribution in [-0.4, -0.2) is 11.3 Å². The second-order valence-electron chi connectivity index (χ2n) is 21.6. The molecule has 0 aliphatic carbocycles. The van der Waals surface area contributed by atoms with Crippen molar-refractivity contribution in [3.63, 3.8) is 0 Å². The van der Waals surface area contributed by atoms with Crippen LogP contribution in [-0.2, 0) is 0 Å². The third-order valence-electron chi connectivity index (χ3n) is 16.9. The van der Waals surface area contributed by atoms with Gasteiger partial charge in [-0.1, -0.05) is 243 Å². The molecule has 0 bridgehead atoms. The van der Waals surface area contributed by atoms with Crippen LogP contribution >= 0.6 is 0 Å². The van der Waals surface area contributed by atoms with Gasteiger partial charge in [-0.15, -0.1) is 0 Å². The molecule has 2 aliphatic rings. The maximum atomic E-state index is 2.57. The zero-order chi connectivity index (χ0) is 54.1. The van der Waals surface area contributed by atoms with Gasteiger partial charge in [0.2, 0.25) is 0 Å². The lowest BCUT2D eigenvalue weighted by Crippen LogP contribution is -2.61. The van der Waals surface area contributed by atoms with E-state index in [1.54, 1.807) is 0 Å². The van der Waals surface area contributed by atoms with Gasteiger partial charge in [-0.05, 0) is 156 Å². The molecule has 2 aliphatic heterocycles. The van der Waals surface area contributed by atoms with Crippen molar-refractivity contribution < 1.29 is 0 Å². The number of hydrogen-bond acceptors (Lipinski definition) is 2. The summed E-state index contributed by atoms with van der Waals surface area (Å²) < 4.78 is 2.53. The van der Waals surface area contributed by atoms with E-state index >= 15 is 0 Å². The zero-order valence-electron chi connectivity index (χ0n) is 44.9. The number of rotatable bonds is 9. The molecule has 0 spiro atoms. The first-order valence-electron chi connectivity index (χ1n) is 28.3. The minimum Gasteiger partial charge on any atom is -0.311 e. The normalized spacial score (nSPS) is 12.3. The largest absolute Gasteiger partial charge is 0.311 e. The summed E-state index contributed by atoms with van der Waals surface area (Å²) in [6.45, 7) is -0.110. The van der Waals surface area contributed by atoms with Crippen LogP contribution in [0.3, 0.4) is 0 Å². The summed E-state index contributed by atoms with van der Waals surface area (Å²) in [5, 5.41) is 2.41. The number of fused-ring (bicyclic) bond motifs is 7. The summed E-state index contributed by atoms with van der Waals surface area (Å²) in [7, 11) is 0. The molecule has 13 aromatic carbocycles. The SMILES string of the molecule is c1ccc(-c2cccc(N3c4cc(-c5ccccc5)ccc4B4c5ccc(-c6ccccc6)cc5N(c5cccc(-c6ccccc6)c5)c5cc(-n6c7ccc(-c8ccccc8)cc7c7cc(-c8ccccc8)ccc76)cc3c54)c2)cc1. The van der Waals surface area contributed by atoms with Crippen molar-refractivity contribution in [2.75, 3.05) is 9.80 Å². The third-order valence-corrected chi connectivity index (χ3v) is 16.9. The fourth-order valence-corrected chi connectivity index (χ4v) is 13.1. The molecule has 0 amide bonds. The summed E-state index contributed by atoms with van der Waals surface area (Å²) >= 11 is 0. The molecule has 1 aromatic heterocycles. The van der Waals surface area contributed by atoms with Gasteiger partial charge in [-0.25, -0.2) is 0 Å². The molecule has 3 nitrogen and oxygen atoms in total. The lowest BCUT2D eigenvalue weighted by Gasteiger charge is -2.45. The van der Waals surface area contributed by atoms with Gasteiger partial charge < -0.3 is 14.4 Å². The van der Waals surface area contributed by atoms with Crippen LogP contribution < -0.4 is 26.2 Å². The molecule has 0 saturated heterocycles. The van der Waals surface area contributed by atoms with E-state index in [1.165, 1.54) is 82.8 Å². The fourth-order valence-electron chi connectivity index (χ4n) is 13.1. The van der Waals surface area contributed by atoms with Gasteiger partial charge in [0.15, 0.2) is 0 Å².